The summed E-state index contributed by atoms with van der Waals surface area (Å²) >= 11 is 0. The fraction of sp³-hybridized carbons (Fsp3) is 0.333. The lowest BCUT2D eigenvalue weighted by Crippen LogP contribution is -2.19. The smallest absolute Gasteiger partial charge is 0.303 e. The second kappa shape index (κ2) is 7.07. The average molecular weight is 300 g/mol. The van der Waals surface area contributed by atoms with Crippen LogP contribution in [-0.2, 0) is 19.1 Å². The van der Waals surface area contributed by atoms with E-state index in [0.29, 0.717) is 6.42 Å². The minimum atomic E-state index is -0.446. The fourth-order valence-corrected chi connectivity index (χ4v) is 2.60. The molecule has 0 radical (unpaired) electrons. The normalized spacial score (nSPS) is 13.4. The van der Waals surface area contributed by atoms with Crippen molar-refractivity contribution in [2.75, 3.05) is 0 Å². The van der Waals surface area contributed by atoms with E-state index in [1.54, 1.807) is 6.92 Å². The molecule has 0 amide bonds. The topological polar surface area (TPSA) is 52.6 Å². The van der Waals surface area contributed by atoms with Gasteiger partial charge in [0.05, 0.1) is 0 Å². The van der Waals surface area contributed by atoms with Crippen LogP contribution in [0.5, 0.6) is 0 Å². The summed E-state index contributed by atoms with van der Waals surface area (Å²) in [6, 6.07) is 13.8. The highest BCUT2D eigenvalue weighted by Gasteiger charge is 2.21. The maximum Gasteiger partial charge on any atom is 0.303 e. The molecule has 2 rings (SSSR count). The molecule has 0 N–H and O–H groups in total. The van der Waals surface area contributed by atoms with E-state index in [1.807, 2.05) is 42.5 Å². The molecule has 2 aromatic rings. The van der Waals surface area contributed by atoms with Crippen LogP contribution in [0.25, 0.3) is 10.8 Å². The minimum absolute atomic E-state index is 0.333. The molecule has 4 nitrogen and oxygen atoms in total. The van der Waals surface area contributed by atoms with Crippen molar-refractivity contribution in [3.63, 3.8) is 0 Å². The molecule has 0 aromatic heterocycles. The van der Waals surface area contributed by atoms with Gasteiger partial charge in [0.2, 0.25) is 0 Å². The standard InChI is InChI=1S/C18H20O4/c1-12(21-13(2)19)11-18(22-14(3)20)17-10-6-8-15-7-4-5-9-16(15)17/h4-10,12,18H,11H2,1-3H3/t12-,18+/m1/s1. The number of rotatable bonds is 5. The van der Waals surface area contributed by atoms with Gasteiger partial charge in [0, 0.05) is 25.8 Å². The van der Waals surface area contributed by atoms with Crippen molar-refractivity contribution < 1.29 is 19.1 Å². The van der Waals surface area contributed by atoms with Gasteiger partial charge >= 0.3 is 11.9 Å². The van der Waals surface area contributed by atoms with Crippen molar-refractivity contribution in [2.24, 2.45) is 0 Å². The molecule has 2 atom stereocenters. The van der Waals surface area contributed by atoms with Gasteiger partial charge < -0.3 is 9.47 Å². The van der Waals surface area contributed by atoms with Crippen molar-refractivity contribution in [1.29, 1.82) is 0 Å². The Labute approximate surface area is 130 Å². The number of esters is 2. The third kappa shape index (κ3) is 4.07. The van der Waals surface area contributed by atoms with Crippen LogP contribution in [-0.4, -0.2) is 18.0 Å². The zero-order valence-corrected chi connectivity index (χ0v) is 13.0. The predicted molar refractivity (Wildman–Crippen MR) is 84.3 cm³/mol. The highest BCUT2D eigenvalue weighted by atomic mass is 16.6. The van der Waals surface area contributed by atoms with E-state index in [9.17, 15) is 9.59 Å². The van der Waals surface area contributed by atoms with Crippen molar-refractivity contribution >= 4 is 22.7 Å². The predicted octanol–water partition coefficient (Wildman–Crippen LogP) is 3.79. The van der Waals surface area contributed by atoms with Gasteiger partial charge in [-0.25, -0.2) is 0 Å². The molecule has 22 heavy (non-hydrogen) atoms. The summed E-state index contributed by atoms with van der Waals surface area (Å²) in [6.45, 7) is 4.55. The Bertz CT molecular complexity index is 672. The molecule has 0 bridgehead atoms. The van der Waals surface area contributed by atoms with Crippen LogP contribution >= 0.6 is 0 Å². The first-order valence-electron chi connectivity index (χ1n) is 7.29. The number of fused-ring (bicyclic) bond motifs is 1. The van der Waals surface area contributed by atoms with E-state index in [0.717, 1.165) is 16.3 Å². The van der Waals surface area contributed by atoms with E-state index < -0.39 is 6.10 Å². The summed E-state index contributed by atoms with van der Waals surface area (Å²) in [7, 11) is 0. The van der Waals surface area contributed by atoms with E-state index in [4.69, 9.17) is 9.47 Å². The molecule has 0 aliphatic rings. The molecular weight excluding hydrogens is 280 g/mol. The molecule has 0 spiro atoms. The van der Waals surface area contributed by atoms with E-state index in [-0.39, 0.29) is 18.0 Å². The first-order valence-corrected chi connectivity index (χ1v) is 7.29. The number of hydrogen-bond donors (Lipinski definition) is 0. The van der Waals surface area contributed by atoms with Gasteiger partial charge in [-0.3, -0.25) is 9.59 Å². The van der Waals surface area contributed by atoms with Gasteiger partial charge in [-0.15, -0.1) is 0 Å². The van der Waals surface area contributed by atoms with E-state index in [1.165, 1.54) is 13.8 Å². The Morgan fingerprint density at radius 2 is 1.59 bits per heavy atom. The molecule has 0 saturated heterocycles. The maximum atomic E-state index is 11.4. The highest BCUT2D eigenvalue weighted by molar-refractivity contribution is 5.86. The quantitative estimate of drug-likeness (QED) is 0.788. The molecular formula is C18H20O4. The van der Waals surface area contributed by atoms with Crippen molar-refractivity contribution in [2.45, 2.75) is 39.4 Å². The third-order valence-corrected chi connectivity index (χ3v) is 3.39. The van der Waals surface area contributed by atoms with Crippen molar-refractivity contribution in [3.8, 4) is 0 Å². The summed E-state index contributed by atoms with van der Waals surface area (Å²) in [5.74, 6) is -0.694. The average Bonchev–Trinajstić information content (AvgIpc) is 2.44. The molecule has 0 unspecified atom stereocenters. The monoisotopic (exact) mass is 300 g/mol. The summed E-state index contributed by atoms with van der Waals surface area (Å²) in [5.41, 5.74) is 0.923. The van der Waals surface area contributed by atoms with Gasteiger partial charge in [0.15, 0.2) is 0 Å². The molecule has 4 heteroatoms. The Morgan fingerprint density at radius 3 is 2.27 bits per heavy atom. The van der Waals surface area contributed by atoms with Gasteiger partial charge in [0.1, 0.15) is 12.2 Å². The zero-order chi connectivity index (χ0) is 16.1. The number of hydrogen-bond acceptors (Lipinski definition) is 4. The first-order chi connectivity index (χ1) is 10.5. The van der Waals surface area contributed by atoms with E-state index >= 15 is 0 Å². The van der Waals surface area contributed by atoms with Gasteiger partial charge in [-0.1, -0.05) is 42.5 Å². The lowest BCUT2D eigenvalue weighted by Gasteiger charge is -2.22. The molecule has 0 aliphatic carbocycles. The van der Waals surface area contributed by atoms with Crippen LogP contribution < -0.4 is 0 Å². The minimum Gasteiger partial charge on any atom is -0.463 e. The van der Waals surface area contributed by atoms with Gasteiger partial charge in [0.25, 0.3) is 0 Å². The summed E-state index contributed by atoms with van der Waals surface area (Å²) in [5, 5.41) is 2.11. The zero-order valence-electron chi connectivity index (χ0n) is 13.0. The van der Waals surface area contributed by atoms with Crippen molar-refractivity contribution in [3.05, 3.63) is 48.0 Å². The molecule has 116 valence electrons. The molecule has 0 aliphatic heterocycles. The van der Waals surface area contributed by atoms with Crippen LogP contribution in [0.3, 0.4) is 0 Å². The molecule has 2 aromatic carbocycles. The lowest BCUT2D eigenvalue weighted by atomic mass is 9.97. The number of benzene rings is 2. The Hall–Kier alpha value is -2.36. The molecule has 0 fully saturated rings. The molecule has 0 saturated carbocycles. The van der Waals surface area contributed by atoms with Crippen molar-refractivity contribution in [1.82, 2.24) is 0 Å². The number of carbonyl (C=O) groups is 2. The second-order valence-corrected chi connectivity index (χ2v) is 5.32. The lowest BCUT2D eigenvalue weighted by molar-refractivity contribution is -0.152. The Kier molecular flexibility index (Phi) is 5.15. The van der Waals surface area contributed by atoms with Crippen LogP contribution in [0, 0.1) is 0 Å². The van der Waals surface area contributed by atoms with Crippen LogP contribution in [0.15, 0.2) is 42.5 Å². The summed E-state index contributed by atoms with van der Waals surface area (Å²) in [4.78, 5) is 22.5. The number of ether oxygens (including phenoxy) is 2. The third-order valence-electron chi connectivity index (χ3n) is 3.39. The van der Waals surface area contributed by atoms with Crippen LogP contribution in [0.4, 0.5) is 0 Å². The molecule has 0 heterocycles. The Balaban J connectivity index is 2.35. The first kappa shape index (κ1) is 16.0. The van der Waals surface area contributed by atoms with Crippen LogP contribution in [0.1, 0.15) is 38.9 Å². The summed E-state index contributed by atoms with van der Waals surface area (Å²) < 4.78 is 10.6. The highest BCUT2D eigenvalue weighted by Crippen LogP contribution is 2.30. The Morgan fingerprint density at radius 1 is 0.955 bits per heavy atom. The largest absolute Gasteiger partial charge is 0.463 e. The van der Waals surface area contributed by atoms with Gasteiger partial charge in [-0.2, -0.15) is 0 Å². The van der Waals surface area contributed by atoms with Crippen LogP contribution in [0.2, 0.25) is 0 Å². The van der Waals surface area contributed by atoms with Gasteiger partial charge in [-0.05, 0) is 17.7 Å². The van der Waals surface area contributed by atoms with E-state index in [2.05, 4.69) is 0 Å². The maximum absolute atomic E-state index is 11.4. The second-order valence-electron chi connectivity index (χ2n) is 5.32. The fourth-order valence-electron chi connectivity index (χ4n) is 2.60. The summed E-state index contributed by atoms with van der Waals surface area (Å²) in [6.07, 6.45) is -0.355. The number of carbonyl (C=O) groups excluding carboxylic acids is 2. The SMILES string of the molecule is CC(=O)O[C@H](C)C[C@H](OC(C)=O)c1cccc2ccccc12.